The van der Waals surface area contributed by atoms with E-state index in [0.717, 1.165) is 27.5 Å². The van der Waals surface area contributed by atoms with E-state index in [1.165, 1.54) is 0 Å². The lowest BCUT2D eigenvalue weighted by Gasteiger charge is -2.05. The molecule has 0 aliphatic rings. The predicted octanol–water partition coefficient (Wildman–Crippen LogP) is 3.44. The average Bonchev–Trinajstić information content (AvgIpc) is 2.38. The largest absolute Gasteiger partial charge is 0.384 e. The number of hydrogen-bond donors (Lipinski definition) is 1. The summed E-state index contributed by atoms with van der Waals surface area (Å²) in [6.45, 7) is 0.906. The van der Waals surface area contributed by atoms with Crippen LogP contribution in [0, 0.1) is 0 Å². The van der Waals surface area contributed by atoms with Crippen LogP contribution in [0.5, 0.6) is 0 Å². The van der Waals surface area contributed by atoms with E-state index in [4.69, 9.17) is 0 Å². The second kappa shape index (κ2) is 6.61. The monoisotopic (exact) mass is 309 g/mol. The van der Waals surface area contributed by atoms with Crippen molar-refractivity contribution >= 4 is 33.4 Å². The van der Waals surface area contributed by atoms with Crippen LogP contribution in [0.25, 0.3) is 0 Å². The van der Waals surface area contributed by atoms with E-state index in [2.05, 4.69) is 43.3 Å². The molecule has 0 aliphatic heterocycles. The minimum Gasteiger partial charge on any atom is -0.384 e. The van der Waals surface area contributed by atoms with Crippen molar-refractivity contribution in [1.29, 1.82) is 0 Å². The van der Waals surface area contributed by atoms with Crippen molar-refractivity contribution in [3.63, 3.8) is 0 Å². The van der Waals surface area contributed by atoms with Crippen molar-refractivity contribution in [2.45, 2.75) is 5.03 Å². The van der Waals surface area contributed by atoms with Crippen molar-refractivity contribution in [3.8, 4) is 0 Å². The number of halogens is 1. The van der Waals surface area contributed by atoms with Crippen LogP contribution in [0.15, 0.2) is 52.4 Å². The van der Waals surface area contributed by atoms with E-state index in [-0.39, 0.29) is 0 Å². The van der Waals surface area contributed by atoms with Crippen LogP contribution < -0.4 is 5.32 Å². The molecule has 0 aliphatic carbocycles. The number of anilines is 1. The van der Waals surface area contributed by atoms with Crippen molar-refractivity contribution in [2.75, 3.05) is 17.6 Å². The fraction of sp³-hybridized carbons (Fsp3) is 0.167. The second-order valence-corrected chi connectivity index (χ2v) is 5.36. The SMILES string of the molecule is Brc1ccc(NCCSc2cnccn2)cc1. The molecule has 0 radical (unpaired) electrons. The van der Waals surface area contributed by atoms with Gasteiger partial charge >= 0.3 is 0 Å². The molecule has 0 saturated carbocycles. The Kier molecular flexibility index (Phi) is 4.82. The van der Waals surface area contributed by atoms with Crippen molar-refractivity contribution in [1.82, 2.24) is 9.97 Å². The number of nitrogens with one attached hydrogen (secondary N) is 1. The number of hydrogen-bond acceptors (Lipinski definition) is 4. The van der Waals surface area contributed by atoms with Crippen LogP contribution >= 0.6 is 27.7 Å². The standard InChI is InChI=1S/C12H12BrN3S/c13-10-1-3-11(4-2-10)15-7-8-17-12-9-14-5-6-16-12/h1-6,9,15H,7-8H2. The maximum absolute atomic E-state index is 4.20. The highest BCUT2D eigenvalue weighted by Crippen LogP contribution is 2.15. The van der Waals surface area contributed by atoms with Crippen LogP contribution in [0.4, 0.5) is 5.69 Å². The van der Waals surface area contributed by atoms with E-state index in [1.807, 2.05) is 12.1 Å². The summed E-state index contributed by atoms with van der Waals surface area (Å²) in [5.41, 5.74) is 1.13. The predicted molar refractivity (Wildman–Crippen MR) is 75.4 cm³/mol. The van der Waals surface area contributed by atoms with Gasteiger partial charge in [0.2, 0.25) is 0 Å². The quantitative estimate of drug-likeness (QED) is 0.678. The lowest BCUT2D eigenvalue weighted by atomic mass is 10.3. The molecule has 2 aromatic rings. The Morgan fingerprint density at radius 3 is 2.71 bits per heavy atom. The summed E-state index contributed by atoms with van der Waals surface area (Å²) in [6.07, 6.45) is 5.18. The highest BCUT2D eigenvalue weighted by Gasteiger charge is 1.95. The van der Waals surface area contributed by atoms with Gasteiger partial charge < -0.3 is 5.32 Å². The summed E-state index contributed by atoms with van der Waals surface area (Å²) in [7, 11) is 0. The molecule has 17 heavy (non-hydrogen) atoms. The van der Waals surface area contributed by atoms with Gasteiger partial charge in [-0.3, -0.25) is 4.98 Å². The normalized spacial score (nSPS) is 10.2. The molecule has 0 spiro atoms. The molecule has 0 bridgehead atoms. The molecule has 1 heterocycles. The number of thioether (sulfide) groups is 1. The third-order valence-corrected chi connectivity index (χ3v) is 3.51. The molecule has 0 unspecified atom stereocenters. The summed E-state index contributed by atoms with van der Waals surface area (Å²) >= 11 is 5.11. The molecule has 1 aromatic carbocycles. The Bertz CT molecular complexity index is 447. The van der Waals surface area contributed by atoms with Crippen LogP contribution in [-0.2, 0) is 0 Å². The van der Waals surface area contributed by atoms with Gasteiger partial charge in [0.1, 0.15) is 5.03 Å². The zero-order valence-electron chi connectivity index (χ0n) is 9.14. The minimum absolute atomic E-state index is 0.906. The average molecular weight is 310 g/mol. The number of nitrogens with zero attached hydrogens (tertiary/aromatic N) is 2. The van der Waals surface area contributed by atoms with Gasteiger partial charge in [-0.2, -0.15) is 0 Å². The Balaban J connectivity index is 1.71. The first kappa shape index (κ1) is 12.4. The van der Waals surface area contributed by atoms with Crippen LogP contribution in [0.1, 0.15) is 0 Å². The zero-order chi connectivity index (χ0) is 11.9. The zero-order valence-corrected chi connectivity index (χ0v) is 11.5. The Morgan fingerprint density at radius 2 is 2.00 bits per heavy atom. The summed E-state index contributed by atoms with van der Waals surface area (Å²) in [4.78, 5) is 8.22. The van der Waals surface area contributed by atoms with Crippen LogP contribution in [0.3, 0.4) is 0 Å². The highest BCUT2D eigenvalue weighted by molar-refractivity contribution is 9.10. The molecule has 5 heteroatoms. The molecular weight excluding hydrogens is 298 g/mol. The van der Waals surface area contributed by atoms with Gasteiger partial charge in [-0.05, 0) is 24.3 Å². The topological polar surface area (TPSA) is 37.8 Å². The molecule has 88 valence electrons. The van der Waals surface area contributed by atoms with Gasteiger partial charge in [-0.25, -0.2) is 4.98 Å². The van der Waals surface area contributed by atoms with Crippen LogP contribution in [-0.4, -0.2) is 22.3 Å². The van der Waals surface area contributed by atoms with Crippen molar-refractivity contribution in [2.24, 2.45) is 0 Å². The van der Waals surface area contributed by atoms with Crippen molar-refractivity contribution in [3.05, 3.63) is 47.3 Å². The summed E-state index contributed by atoms with van der Waals surface area (Å²) < 4.78 is 1.09. The molecule has 1 aromatic heterocycles. The smallest absolute Gasteiger partial charge is 0.114 e. The second-order valence-electron chi connectivity index (χ2n) is 3.33. The fourth-order valence-electron chi connectivity index (χ4n) is 1.28. The Morgan fingerprint density at radius 1 is 1.18 bits per heavy atom. The molecule has 0 fully saturated rings. The van der Waals surface area contributed by atoms with Gasteiger partial charge in [0, 0.05) is 34.9 Å². The number of benzene rings is 1. The first-order valence-electron chi connectivity index (χ1n) is 5.23. The highest BCUT2D eigenvalue weighted by atomic mass is 79.9. The Hall–Kier alpha value is -1.07. The summed E-state index contributed by atoms with van der Waals surface area (Å²) in [6, 6.07) is 8.16. The Labute approximate surface area is 113 Å². The van der Waals surface area contributed by atoms with Gasteiger partial charge in [-0.15, -0.1) is 11.8 Å². The first-order chi connectivity index (χ1) is 8.34. The van der Waals surface area contributed by atoms with Gasteiger partial charge in [-0.1, -0.05) is 15.9 Å². The van der Waals surface area contributed by atoms with E-state index in [1.54, 1.807) is 30.4 Å². The molecule has 0 saturated heterocycles. The van der Waals surface area contributed by atoms with E-state index >= 15 is 0 Å². The third kappa shape index (κ3) is 4.36. The summed E-state index contributed by atoms with van der Waals surface area (Å²) in [5, 5.41) is 4.32. The van der Waals surface area contributed by atoms with E-state index in [0.29, 0.717) is 0 Å². The molecular formula is C12H12BrN3S. The van der Waals surface area contributed by atoms with Gasteiger partial charge in [0.25, 0.3) is 0 Å². The molecule has 3 nitrogen and oxygen atoms in total. The van der Waals surface area contributed by atoms with Crippen molar-refractivity contribution < 1.29 is 0 Å². The third-order valence-electron chi connectivity index (χ3n) is 2.06. The molecule has 1 N–H and O–H groups in total. The maximum atomic E-state index is 4.20. The maximum Gasteiger partial charge on any atom is 0.114 e. The van der Waals surface area contributed by atoms with Gasteiger partial charge in [0.15, 0.2) is 0 Å². The minimum atomic E-state index is 0.906. The molecule has 0 atom stereocenters. The fourth-order valence-corrected chi connectivity index (χ4v) is 2.23. The summed E-state index contributed by atoms with van der Waals surface area (Å²) in [5.74, 6) is 0.967. The molecule has 0 amide bonds. The molecule has 2 rings (SSSR count). The lowest BCUT2D eigenvalue weighted by Crippen LogP contribution is -2.03. The van der Waals surface area contributed by atoms with E-state index in [9.17, 15) is 0 Å². The van der Waals surface area contributed by atoms with Crippen LogP contribution in [0.2, 0.25) is 0 Å². The first-order valence-corrected chi connectivity index (χ1v) is 7.01. The number of rotatable bonds is 5. The lowest BCUT2D eigenvalue weighted by molar-refractivity contribution is 1.05. The van der Waals surface area contributed by atoms with E-state index < -0.39 is 0 Å². The van der Waals surface area contributed by atoms with Gasteiger partial charge in [0.05, 0.1) is 6.20 Å². The number of aromatic nitrogens is 2.